The van der Waals surface area contributed by atoms with E-state index in [1.54, 1.807) is 30.6 Å². The second kappa shape index (κ2) is 12.7. The number of pyridine rings is 1. The number of anilines is 1. The maximum absolute atomic E-state index is 13.5. The topological polar surface area (TPSA) is 186 Å². The standard InChI is InChI=1S/C27H28N6O7S2/c1-14(39-25(36)16-6-2-3-7-16)40-26(37)21-17(9-8-15-5-4-10-29-11-15)12-41-24-20(23(35)33(21)24)31-22(34)19(32-38)18-13-42-27(28)30-18/h4-5,8-11,13-14,16,20,24,38H,2-3,6-7,12H2,1H3,(H2,28,30)(H,31,34)/b9-8-,32-19?/t14?,20-,24-/m1/s1. The number of amides is 2. The molecule has 5 rings (SSSR count). The number of nitrogens with one attached hydrogen (secondary N) is 1. The summed E-state index contributed by atoms with van der Waals surface area (Å²) in [4.78, 5) is 61.4. The number of thioether (sulfide) groups is 1. The highest BCUT2D eigenvalue weighted by molar-refractivity contribution is 8.00. The van der Waals surface area contributed by atoms with Crippen LogP contribution in [-0.2, 0) is 28.7 Å². The van der Waals surface area contributed by atoms with Crippen LogP contribution in [-0.4, -0.2) is 73.0 Å². The molecule has 0 bridgehead atoms. The fourth-order valence-corrected chi connectivity index (χ4v) is 6.77. The Morgan fingerprint density at radius 2 is 2.05 bits per heavy atom. The average Bonchev–Trinajstić information content (AvgIpc) is 3.67. The Hall–Kier alpha value is -4.24. The number of β-lactam (4-membered cyclic amide) rings is 1. The van der Waals surface area contributed by atoms with Crippen molar-refractivity contribution >= 4 is 63.8 Å². The Morgan fingerprint density at radius 3 is 2.71 bits per heavy atom. The first-order valence-corrected chi connectivity index (χ1v) is 15.1. The molecule has 13 nitrogen and oxygen atoms in total. The second-order valence-electron chi connectivity index (χ2n) is 9.77. The third-order valence-corrected chi connectivity index (χ3v) is 8.94. The molecule has 3 aliphatic rings. The van der Waals surface area contributed by atoms with Crippen molar-refractivity contribution in [2.24, 2.45) is 11.1 Å². The van der Waals surface area contributed by atoms with Crippen LogP contribution in [0, 0.1) is 5.92 Å². The third kappa shape index (κ3) is 6.16. The summed E-state index contributed by atoms with van der Waals surface area (Å²) in [6.07, 6.45) is 8.95. The Morgan fingerprint density at radius 1 is 1.26 bits per heavy atom. The smallest absolute Gasteiger partial charge is 0.358 e. The lowest BCUT2D eigenvalue weighted by molar-refractivity contribution is -0.187. The molecule has 1 aliphatic carbocycles. The first-order chi connectivity index (χ1) is 20.3. The maximum Gasteiger partial charge on any atom is 0.358 e. The van der Waals surface area contributed by atoms with Crippen LogP contribution in [0.1, 0.15) is 43.9 Å². The van der Waals surface area contributed by atoms with Crippen molar-refractivity contribution in [1.29, 1.82) is 0 Å². The number of thiazole rings is 1. The van der Waals surface area contributed by atoms with E-state index in [1.165, 1.54) is 29.0 Å². The molecule has 3 atom stereocenters. The van der Waals surface area contributed by atoms with E-state index in [4.69, 9.17) is 15.2 Å². The van der Waals surface area contributed by atoms with E-state index in [0.29, 0.717) is 11.3 Å². The number of allylic oxidation sites excluding steroid dienone is 1. The molecule has 2 aromatic rings. The third-order valence-electron chi connectivity index (χ3n) is 6.96. The highest BCUT2D eigenvalue weighted by Crippen LogP contribution is 2.41. The molecule has 4 heterocycles. The molecule has 2 aliphatic heterocycles. The molecular weight excluding hydrogens is 584 g/mol. The Kier molecular flexibility index (Phi) is 8.87. The van der Waals surface area contributed by atoms with Gasteiger partial charge >= 0.3 is 11.9 Å². The number of nitrogens with two attached hydrogens (primary N) is 1. The van der Waals surface area contributed by atoms with E-state index in [9.17, 15) is 24.4 Å². The molecule has 2 aromatic heterocycles. The minimum atomic E-state index is -1.17. The first kappa shape index (κ1) is 29.3. The van der Waals surface area contributed by atoms with E-state index in [0.717, 1.165) is 42.6 Å². The molecule has 220 valence electrons. The van der Waals surface area contributed by atoms with Crippen molar-refractivity contribution < 1.29 is 33.9 Å². The van der Waals surface area contributed by atoms with Crippen molar-refractivity contribution in [3.63, 3.8) is 0 Å². The van der Waals surface area contributed by atoms with Gasteiger partial charge in [0, 0.05) is 30.5 Å². The van der Waals surface area contributed by atoms with Crippen LogP contribution < -0.4 is 11.1 Å². The van der Waals surface area contributed by atoms with Crippen LogP contribution in [0.4, 0.5) is 5.13 Å². The number of fused-ring (bicyclic) bond motifs is 1. The van der Waals surface area contributed by atoms with Gasteiger partial charge in [-0.15, -0.1) is 23.1 Å². The van der Waals surface area contributed by atoms with Crippen molar-refractivity contribution in [2.45, 2.75) is 50.3 Å². The maximum atomic E-state index is 13.5. The zero-order valence-electron chi connectivity index (χ0n) is 22.5. The number of nitrogens with zero attached hydrogens (tertiary/aromatic N) is 4. The number of hydrogen-bond donors (Lipinski definition) is 3. The molecular formula is C27H28N6O7S2. The van der Waals surface area contributed by atoms with Crippen LogP contribution in [0.5, 0.6) is 0 Å². The fraction of sp³-hybridized carbons (Fsp3) is 0.370. The van der Waals surface area contributed by atoms with Crippen LogP contribution in [0.3, 0.4) is 0 Å². The SMILES string of the molecule is CC(OC(=O)C1=C(/C=C\c2cccnc2)CS[C@@H]2[C@H](NC(=O)C(=NO)c3csc(N)n3)C(=O)N12)OC(=O)C1CCCC1. The zero-order chi connectivity index (χ0) is 29.8. The number of oxime groups is 1. The minimum Gasteiger partial charge on any atom is -0.425 e. The van der Waals surface area contributed by atoms with Crippen LogP contribution in [0.15, 0.2) is 52.4 Å². The van der Waals surface area contributed by atoms with Gasteiger partial charge in [0.2, 0.25) is 6.29 Å². The van der Waals surface area contributed by atoms with Gasteiger partial charge in [-0.1, -0.05) is 36.2 Å². The van der Waals surface area contributed by atoms with Crippen molar-refractivity contribution in [3.05, 3.63) is 58.5 Å². The van der Waals surface area contributed by atoms with Gasteiger partial charge in [-0.05, 0) is 30.0 Å². The van der Waals surface area contributed by atoms with Gasteiger partial charge in [-0.2, -0.15) is 0 Å². The van der Waals surface area contributed by atoms with Crippen molar-refractivity contribution in [3.8, 4) is 0 Å². The summed E-state index contributed by atoms with van der Waals surface area (Å²) >= 11 is 2.39. The van der Waals surface area contributed by atoms with Gasteiger partial charge < -0.3 is 25.7 Å². The molecule has 0 spiro atoms. The number of aromatic nitrogens is 2. The van der Waals surface area contributed by atoms with E-state index in [-0.39, 0.29) is 22.4 Å². The second-order valence-corrected chi connectivity index (χ2v) is 11.8. The van der Waals surface area contributed by atoms with E-state index >= 15 is 0 Å². The number of carbonyl (C=O) groups excluding carboxylic acids is 4. The number of rotatable bonds is 9. The van der Waals surface area contributed by atoms with Crippen LogP contribution in [0.2, 0.25) is 0 Å². The van der Waals surface area contributed by atoms with E-state index in [2.05, 4.69) is 20.4 Å². The summed E-state index contributed by atoms with van der Waals surface area (Å²) < 4.78 is 10.9. The zero-order valence-corrected chi connectivity index (χ0v) is 24.1. The highest BCUT2D eigenvalue weighted by Gasteiger charge is 2.54. The molecule has 4 N–H and O–H groups in total. The first-order valence-electron chi connectivity index (χ1n) is 13.2. The number of carbonyl (C=O) groups is 4. The van der Waals surface area contributed by atoms with Gasteiger partial charge in [0.25, 0.3) is 11.8 Å². The predicted molar refractivity (Wildman–Crippen MR) is 154 cm³/mol. The van der Waals surface area contributed by atoms with Crippen LogP contribution in [0.25, 0.3) is 6.08 Å². The molecule has 0 radical (unpaired) electrons. The molecule has 15 heteroatoms. The van der Waals surface area contributed by atoms with Gasteiger partial charge in [0.15, 0.2) is 10.8 Å². The number of ether oxygens (including phenoxy) is 2. The van der Waals surface area contributed by atoms with Gasteiger partial charge in [0.05, 0.1) is 5.92 Å². The van der Waals surface area contributed by atoms with Gasteiger partial charge in [-0.25, -0.2) is 9.78 Å². The lowest BCUT2D eigenvalue weighted by Crippen LogP contribution is -2.71. The summed E-state index contributed by atoms with van der Waals surface area (Å²) in [6.45, 7) is 1.45. The van der Waals surface area contributed by atoms with E-state index < -0.39 is 47.2 Å². The lowest BCUT2D eigenvalue weighted by Gasteiger charge is -2.49. The Bertz CT molecular complexity index is 1470. The van der Waals surface area contributed by atoms with Gasteiger partial charge in [0.1, 0.15) is 22.8 Å². The normalized spacial score (nSPS) is 21.6. The van der Waals surface area contributed by atoms with Gasteiger partial charge in [-0.3, -0.25) is 24.3 Å². The molecule has 1 unspecified atom stereocenters. The van der Waals surface area contributed by atoms with Crippen LogP contribution >= 0.6 is 23.1 Å². The molecule has 2 fully saturated rings. The fourth-order valence-electron chi connectivity index (χ4n) is 4.90. The molecule has 0 aromatic carbocycles. The van der Waals surface area contributed by atoms with Crippen molar-refractivity contribution in [2.75, 3.05) is 11.5 Å². The number of hydrogen-bond acceptors (Lipinski definition) is 13. The monoisotopic (exact) mass is 612 g/mol. The quantitative estimate of drug-likeness (QED) is 0.0942. The lowest BCUT2D eigenvalue weighted by atomic mass is 10.0. The minimum absolute atomic E-state index is 0.0125. The summed E-state index contributed by atoms with van der Waals surface area (Å²) in [7, 11) is 0. The predicted octanol–water partition coefficient (Wildman–Crippen LogP) is 2.29. The summed E-state index contributed by atoms with van der Waals surface area (Å²) in [5.41, 5.74) is 6.56. The number of esters is 2. The molecule has 1 saturated carbocycles. The average molecular weight is 613 g/mol. The largest absolute Gasteiger partial charge is 0.425 e. The molecule has 1 saturated heterocycles. The summed E-state index contributed by atoms with van der Waals surface area (Å²) in [5.74, 6) is -2.56. The summed E-state index contributed by atoms with van der Waals surface area (Å²) in [6, 6.07) is 2.59. The molecule has 42 heavy (non-hydrogen) atoms. The Labute approximate surface area is 248 Å². The highest BCUT2D eigenvalue weighted by atomic mass is 32.2. The van der Waals surface area contributed by atoms with E-state index in [1.807, 2.05) is 6.07 Å². The summed E-state index contributed by atoms with van der Waals surface area (Å²) in [5, 5.41) is 16.0. The van der Waals surface area contributed by atoms with Crippen molar-refractivity contribution in [1.82, 2.24) is 20.2 Å². The Balaban J connectivity index is 1.34. The molecule has 2 amide bonds. The number of nitrogen functional groups attached to an aromatic ring is 1.